The molecule has 0 fully saturated rings. The fourth-order valence-corrected chi connectivity index (χ4v) is 1.40. The average molecular weight is 233 g/mol. The minimum absolute atomic E-state index is 0.117. The Kier molecular flexibility index (Phi) is 3.80. The maximum absolute atomic E-state index is 12.0. The number of nitrogens with two attached hydrogens (primary N) is 1. The molecule has 3 N–H and O–H groups in total. The summed E-state index contributed by atoms with van der Waals surface area (Å²) in [4.78, 5) is 0. The molecule has 0 unspecified atom stereocenters. The van der Waals surface area contributed by atoms with Crippen LogP contribution in [0.3, 0.4) is 0 Å². The van der Waals surface area contributed by atoms with E-state index in [0.29, 0.717) is 11.1 Å². The molecule has 2 nitrogen and oxygen atoms in total. The van der Waals surface area contributed by atoms with Gasteiger partial charge in [0.15, 0.2) is 0 Å². The molecule has 5 heteroatoms. The number of phenolic OH excluding ortho intramolecular Hbond substituents is 1. The van der Waals surface area contributed by atoms with Crippen LogP contribution in [0, 0.1) is 6.92 Å². The molecular formula is C11H14F3NO. The number of aromatic hydroxyl groups is 1. The van der Waals surface area contributed by atoms with E-state index in [9.17, 15) is 18.3 Å². The van der Waals surface area contributed by atoms with Gasteiger partial charge in [0.05, 0.1) is 0 Å². The molecule has 1 atom stereocenters. The predicted octanol–water partition coefficient (Wildman–Crippen LogP) is 3.04. The number of phenols is 1. The minimum Gasteiger partial charge on any atom is -0.508 e. The number of aryl methyl sites for hydroxylation is 1. The van der Waals surface area contributed by atoms with Crippen LogP contribution in [0.1, 0.15) is 30.0 Å². The molecule has 1 aromatic rings. The Hall–Kier alpha value is -1.23. The summed E-state index contributed by atoms with van der Waals surface area (Å²) >= 11 is 0. The normalized spacial score (nSPS) is 13.8. The molecule has 0 aromatic heterocycles. The third kappa shape index (κ3) is 3.73. The van der Waals surface area contributed by atoms with E-state index in [1.807, 2.05) is 0 Å². The zero-order valence-electron chi connectivity index (χ0n) is 8.88. The lowest BCUT2D eigenvalue weighted by atomic mass is 10.0. The molecule has 0 heterocycles. The van der Waals surface area contributed by atoms with Crippen molar-refractivity contribution in [3.8, 4) is 5.75 Å². The van der Waals surface area contributed by atoms with Gasteiger partial charge in [0.1, 0.15) is 5.75 Å². The van der Waals surface area contributed by atoms with Crippen molar-refractivity contribution in [1.29, 1.82) is 0 Å². The molecule has 16 heavy (non-hydrogen) atoms. The van der Waals surface area contributed by atoms with Crippen LogP contribution in [0.4, 0.5) is 13.2 Å². The van der Waals surface area contributed by atoms with Crippen LogP contribution >= 0.6 is 0 Å². The van der Waals surface area contributed by atoms with Crippen molar-refractivity contribution in [3.05, 3.63) is 29.3 Å². The van der Waals surface area contributed by atoms with E-state index in [2.05, 4.69) is 0 Å². The molecule has 0 bridgehead atoms. The Labute approximate surface area is 91.9 Å². The lowest BCUT2D eigenvalue weighted by Gasteiger charge is -2.14. The van der Waals surface area contributed by atoms with E-state index in [0.717, 1.165) is 0 Å². The van der Waals surface area contributed by atoms with Gasteiger partial charge in [0, 0.05) is 12.5 Å². The second-order valence-corrected chi connectivity index (χ2v) is 3.81. The number of alkyl halides is 3. The Bertz CT molecular complexity index is 363. The van der Waals surface area contributed by atoms with Crippen LogP contribution in [0.15, 0.2) is 18.2 Å². The number of hydrogen-bond acceptors (Lipinski definition) is 2. The van der Waals surface area contributed by atoms with Gasteiger partial charge in [-0.3, -0.25) is 0 Å². The number of halogens is 3. The fourth-order valence-electron chi connectivity index (χ4n) is 1.40. The zero-order valence-corrected chi connectivity index (χ0v) is 8.88. The minimum atomic E-state index is -4.18. The second-order valence-electron chi connectivity index (χ2n) is 3.81. The number of benzene rings is 1. The van der Waals surface area contributed by atoms with Gasteiger partial charge in [0.25, 0.3) is 0 Å². The summed E-state index contributed by atoms with van der Waals surface area (Å²) in [5.41, 5.74) is 6.86. The molecule has 0 aliphatic heterocycles. The van der Waals surface area contributed by atoms with Crippen LogP contribution in [-0.2, 0) is 0 Å². The smallest absolute Gasteiger partial charge is 0.389 e. The maximum Gasteiger partial charge on any atom is 0.389 e. The van der Waals surface area contributed by atoms with Gasteiger partial charge in [0.2, 0.25) is 0 Å². The van der Waals surface area contributed by atoms with Gasteiger partial charge in [-0.1, -0.05) is 12.1 Å². The van der Waals surface area contributed by atoms with E-state index in [1.54, 1.807) is 19.1 Å². The van der Waals surface area contributed by atoms with Crippen molar-refractivity contribution in [2.45, 2.75) is 32.0 Å². The van der Waals surface area contributed by atoms with Gasteiger partial charge in [-0.05, 0) is 30.5 Å². The predicted molar refractivity (Wildman–Crippen MR) is 55.1 cm³/mol. The highest BCUT2D eigenvalue weighted by Gasteiger charge is 2.27. The molecule has 0 saturated heterocycles. The first-order chi connectivity index (χ1) is 7.29. The fraction of sp³-hybridized carbons (Fsp3) is 0.455. The lowest BCUT2D eigenvalue weighted by molar-refractivity contribution is -0.136. The summed E-state index contributed by atoms with van der Waals surface area (Å²) in [6.45, 7) is 1.68. The molecule has 0 saturated carbocycles. The summed E-state index contributed by atoms with van der Waals surface area (Å²) < 4.78 is 35.9. The molecule has 1 rings (SSSR count). The van der Waals surface area contributed by atoms with Crippen LogP contribution in [0.5, 0.6) is 5.75 Å². The lowest BCUT2D eigenvalue weighted by Crippen LogP contribution is -2.15. The van der Waals surface area contributed by atoms with Gasteiger partial charge in [-0.15, -0.1) is 0 Å². The van der Waals surface area contributed by atoms with Crippen molar-refractivity contribution in [2.75, 3.05) is 0 Å². The Morgan fingerprint density at radius 3 is 2.50 bits per heavy atom. The Balaban J connectivity index is 2.66. The van der Waals surface area contributed by atoms with Gasteiger partial charge >= 0.3 is 6.18 Å². The second kappa shape index (κ2) is 4.74. The largest absolute Gasteiger partial charge is 0.508 e. The van der Waals surface area contributed by atoms with Crippen LogP contribution < -0.4 is 5.73 Å². The van der Waals surface area contributed by atoms with E-state index < -0.39 is 18.6 Å². The highest BCUT2D eigenvalue weighted by molar-refractivity contribution is 5.36. The SMILES string of the molecule is Cc1cc([C@@H](N)CCC(F)(F)F)ccc1O. The zero-order chi connectivity index (χ0) is 12.3. The molecule has 0 amide bonds. The topological polar surface area (TPSA) is 46.2 Å². The third-order valence-corrected chi connectivity index (χ3v) is 2.39. The van der Waals surface area contributed by atoms with Crippen molar-refractivity contribution in [2.24, 2.45) is 5.73 Å². The van der Waals surface area contributed by atoms with Crippen molar-refractivity contribution in [3.63, 3.8) is 0 Å². The standard InChI is InChI=1S/C11H14F3NO/c1-7-6-8(2-3-10(7)16)9(15)4-5-11(12,13)14/h2-3,6,9,16H,4-5,15H2,1H3/t9-/m0/s1. The molecule has 0 aliphatic rings. The summed E-state index contributed by atoms with van der Waals surface area (Å²) in [6.07, 6.45) is -5.22. The first kappa shape index (κ1) is 12.8. The maximum atomic E-state index is 12.0. The van der Waals surface area contributed by atoms with Gasteiger partial charge in [-0.2, -0.15) is 13.2 Å². The van der Waals surface area contributed by atoms with Crippen molar-refractivity contribution < 1.29 is 18.3 Å². The molecule has 1 aromatic carbocycles. The summed E-state index contributed by atoms with van der Waals surface area (Å²) in [7, 11) is 0. The quantitative estimate of drug-likeness (QED) is 0.842. The van der Waals surface area contributed by atoms with E-state index in [1.165, 1.54) is 6.07 Å². The number of rotatable bonds is 3. The molecule has 90 valence electrons. The van der Waals surface area contributed by atoms with Crippen molar-refractivity contribution in [1.82, 2.24) is 0 Å². The number of hydrogen-bond donors (Lipinski definition) is 2. The summed E-state index contributed by atoms with van der Waals surface area (Å²) in [6, 6.07) is 3.94. The summed E-state index contributed by atoms with van der Waals surface area (Å²) in [5.74, 6) is 0.117. The first-order valence-corrected chi connectivity index (χ1v) is 4.91. The highest BCUT2D eigenvalue weighted by Crippen LogP contribution is 2.28. The molecule has 0 radical (unpaired) electrons. The molecule has 0 aliphatic carbocycles. The highest BCUT2D eigenvalue weighted by atomic mass is 19.4. The van der Waals surface area contributed by atoms with Gasteiger partial charge < -0.3 is 10.8 Å². The van der Waals surface area contributed by atoms with E-state index in [-0.39, 0.29) is 12.2 Å². The Morgan fingerprint density at radius 2 is 2.00 bits per heavy atom. The van der Waals surface area contributed by atoms with Crippen LogP contribution in [0.25, 0.3) is 0 Å². The van der Waals surface area contributed by atoms with Crippen LogP contribution in [0.2, 0.25) is 0 Å². The van der Waals surface area contributed by atoms with E-state index in [4.69, 9.17) is 5.73 Å². The van der Waals surface area contributed by atoms with Crippen LogP contribution in [-0.4, -0.2) is 11.3 Å². The Morgan fingerprint density at radius 1 is 1.38 bits per heavy atom. The third-order valence-electron chi connectivity index (χ3n) is 2.39. The van der Waals surface area contributed by atoms with Gasteiger partial charge in [-0.25, -0.2) is 0 Å². The summed E-state index contributed by atoms with van der Waals surface area (Å²) in [5, 5.41) is 9.26. The first-order valence-electron chi connectivity index (χ1n) is 4.91. The molecule has 0 spiro atoms. The van der Waals surface area contributed by atoms with E-state index >= 15 is 0 Å². The average Bonchev–Trinajstić information content (AvgIpc) is 2.17. The monoisotopic (exact) mass is 233 g/mol. The van der Waals surface area contributed by atoms with Crippen molar-refractivity contribution >= 4 is 0 Å². The molecular weight excluding hydrogens is 219 g/mol.